The highest BCUT2D eigenvalue weighted by Gasteiger charge is 2.28. The molecule has 0 aliphatic carbocycles. The van der Waals surface area contributed by atoms with E-state index in [1.807, 2.05) is 24.3 Å². The molecule has 0 bridgehead atoms. The zero-order valence-corrected chi connectivity index (χ0v) is 12.5. The van der Waals surface area contributed by atoms with E-state index in [-0.39, 0.29) is 43.5 Å². The predicted molar refractivity (Wildman–Crippen MR) is 76.6 cm³/mol. The number of nitrogens with one attached hydrogen (secondary N) is 1. The Morgan fingerprint density at radius 3 is 2.60 bits per heavy atom. The summed E-state index contributed by atoms with van der Waals surface area (Å²) in [4.78, 5) is 35.6. The Balaban J connectivity index is 1.76. The molecule has 106 valence electrons. The Bertz CT molecular complexity index is 529. The van der Waals surface area contributed by atoms with Gasteiger partial charge in [-0.25, -0.2) is 0 Å². The number of nitrogens with zero attached hydrogens (tertiary/aromatic N) is 1. The number of imide groups is 1. The molecule has 20 heavy (non-hydrogen) atoms. The van der Waals surface area contributed by atoms with Crippen LogP contribution in [0.3, 0.4) is 0 Å². The summed E-state index contributed by atoms with van der Waals surface area (Å²) in [6.45, 7) is 0.599. The molecular weight excluding hydrogens is 324 g/mol. The molecule has 6 heteroatoms. The summed E-state index contributed by atoms with van der Waals surface area (Å²) in [5.41, 5.74) is 0.987. The van der Waals surface area contributed by atoms with Crippen molar-refractivity contribution < 1.29 is 14.4 Å². The average Bonchev–Trinajstić information content (AvgIpc) is 2.74. The van der Waals surface area contributed by atoms with E-state index in [1.54, 1.807) is 0 Å². The Morgan fingerprint density at radius 1 is 1.25 bits per heavy atom. The van der Waals surface area contributed by atoms with Gasteiger partial charge in [-0.05, 0) is 17.7 Å². The van der Waals surface area contributed by atoms with Gasteiger partial charge >= 0.3 is 0 Å². The Kier molecular flexibility index (Phi) is 4.89. The highest BCUT2D eigenvalue weighted by molar-refractivity contribution is 9.10. The van der Waals surface area contributed by atoms with E-state index >= 15 is 0 Å². The summed E-state index contributed by atoms with van der Waals surface area (Å²) in [6.07, 6.45) is 0.669. The number of benzene rings is 1. The number of hydrogen-bond donors (Lipinski definition) is 1. The molecule has 0 atom stereocenters. The molecule has 1 N–H and O–H groups in total. The van der Waals surface area contributed by atoms with Gasteiger partial charge in [0.15, 0.2) is 0 Å². The summed E-state index contributed by atoms with van der Waals surface area (Å²) in [7, 11) is 0. The molecule has 3 amide bonds. The molecule has 1 aliphatic rings. The molecule has 5 nitrogen and oxygen atoms in total. The van der Waals surface area contributed by atoms with Crippen LogP contribution >= 0.6 is 15.9 Å². The van der Waals surface area contributed by atoms with Crippen LogP contribution in [-0.2, 0) is 20.9 Å². The van der Waals surface area contributed by atoms with Gasteiger partial charge in [-0.3, -0.25) is 19.3 Å². The second-order valence-electron chi connectivity index (χ2n) is 4.60. The van der Waals surface area contributed by atoms with Gasteiger partial charge in [0.1, 0.15) is 0 Å². The van der Waals surface area contributed by atoms with Gasteiger partial charge < -0.3 is 5.32 Å². The molecule has 1 aromatic carbocycles. The minimum absolute atomic E-state index is 0.144. The summed E-state index contributed by atoms with van der Waals surface area (Å²) in [5.74, 6) is -0.540. The van der Waals surface area contributed by atoms with E-state index in [4.69, 9.17) is 0 Å². The second-order valence-corrected chi connectivity index (χ2v) is 5.51. The normalized spacial score (nSPS) is 14.8. The summed E-state index contributed by atoms with van der Waals surface area (Å²) < 4.78 is 0.956. The van der Waals surface area contributed by atoms with Crippen molar-refractivity contribution in [3.05, 3.63) is 34.3 Å². The van der Waals surface area contributed by atoms with Gasteiger partial charge in [-0.15, -0.1) is 0 Å². The third-order valence-electron chi connectivity index (χ3n) is 3.10. The van der Waals surface area contributed by atoms with Crippen LogP contribution in [0, 0.1) is 0 Å². The Labute approximate surface area is 125 Å². The van der Waals surface area contributed by atoms with Crippen molar-refractivity contribution in [2.75, 3.05) is 6.54 Å². The van der Waals surface area contributed by atoms with Crippen LogP contribution in [0.4, 0.5) is 0 Å². The smallest absolute Gasteiger partial charge is 0.229 e. The molecular formula is C14H15BrN2O3. The molecule has 0 unspecified atom stereocenters. The monoisotopic (exact) mass is 338 g/mol. The van der Waals surface area contributed by atoms with Crippen LogP contribution in [0.25, 0.3) is 0 Å². The third kappa shape index (κ3) is 3.90. The van der Waals surface area contributed by atoms with E-state index < -0.39 is 0 Å². The molecule has 1 fully saturated rings. The number of amides is 3. The average molecular weight is 339 g/mol. The molecule has 1 saturated heterocycles. The Hall–Kier alpha value is -1.69. The van der Waals surface area contributed by atoms with E-state index in [0.717, 1.165) is 10.0 Å². The Morgan fingerprint density at radius 2 is 1.95 bits per heavy atom. The summed E-state index contributed by atoms with van der Waals surface area (Å²) in [6, 6.07) is 7.65. The maximum atomic E-state index is 11.7. The minimum atomic E-state index is -0.185. The van der Waals surface area contributed by atoms with Crippen LogP contribution in [0.15, 0.2) is 28.7 Å². The first-order valence-electron chi connectivity index (χ1n) is 6.40. The van der Waals surface area contributed by atoms with Crippen LogP contribution < -0.4 is 5.32 Å². The molecule has 1 aliphatic heterocycles. The molecule has 0 saturated carbocycles. The molecule has 0 spiro atoms. The number of halogens is 1. The number of hydrogen-bond acceptors (Lipinski definition) is 3. The maximum absolute atomic E-state index is 11.7. The quantitative estimate of drug-likeness (QED) is 0.829. The topological polar surface area (TPSA) is 66.5 Å². The highest BCUT2D eigenvalue weighted by Crippen LogP contribution is 2.12. The zero-order chi connectivity index (χ0) is 14.5. The van der Waals surface area contributed by atoms with Crippen molar-refractivity contribution in [3.8, 4) is 0 Å². The molecule has 2 rings (SSSR count). The fourth-order valence-electron chi connectivity index (χ4n) is 2.02. The summed E-state index contributed by atoms with van der Waals surface area (Å²) >= 11 is 3.36. The number of rotatable bonds is 5. The van der Waals surface area contributed by atoms with Gasteiger partial charge in [0.05, 0.1) is 0 Å². The van der Waals surface area contributed by atoms with Crippen LogP contribution in [0.5, 0.6) is 0 Å². The lowest BCUT2D eigenvalue weighted by molar-refractivity contribution is -0.138. The number of likely N-dealkylation sites (tertiary alicyclic amines) is 1. The first kappa shape index (κ1) is 14.7. The van der Waals surface area contributed by atoms with Gasteiger partial charge in [0.2, 0.25) is 17.7 Å². The largest absolute Gasteiger partial charge is 0.352 e. The van der Waals surface area contributed by atoms with Crippen LogP contribution in [0.1, 0.15) is 24.8 Å². The van der Waals surface area contributed by atoms with Crippen LogP contribution in [0.2, 0.25) is 0 Å². The second kappa shape index (κ2) is 6.65. The molecule has 0 aromatic heterocycles. The van der Waals surface area contributed by atoms with Crippen molar-refractivity contribution in [2.24, 2.45) is 0 Å². The number of carbonyl (C=O) groups is 3. The highest BCUT2D eigenvalue weighted by atomic mass is 79.9. The van der Waals surface area contributed by atoms with Gasteiger partial charge in [-0.1, -0.05) is 28.1 Å². The van der Waals surface area contributed by atoms with Gasteiger partial charge in [0.25, 0.3) is 0 Å². The number of carbonyl (C=O) groups excluding carboxylic acids is 3. The molecule has 1 heterocycles. The van der Waals surface area contributed by atoms with E-state index in [2.05, 4.69) is 21.2 Å². The summed E-state index contributed by atoms with van der Waals surface area (Å²) in [5, 5.41) is 2.77. The zero-order valence-electron chi connectivity index (χ0n) is 10.9. The van der Waals surface area contributed by atoms with E-state index in [9.17, 15) is 14.4 Å². The lowest BCUT2D eigenvalue weighted by atomic mass is 10.2. The van der Waals surface area contributed by atoms with Gasteiger partial charge in [0, 0.05) is 36.8 Å². The first-order chi connectivity index (χ1) is 9.56. The SMILES string of the molecule is O=C(CCN1C(=O)CCC1=O)NCc1cccc(Br)c1. The minimum Gasteiger partial charge on any atom is -0.352 e. The molecule has 0 radical (unpaired) electrons. The van der Waals surface area contributed by atoms with Crippen molar-refractivity contribution >= 4 is 33.7 Å². The van der Waals surface area contributed by atoms with Crippen LogP contribution in [-0.4, -0.2) is 29.2 Å². The van der Waals surface area contributed by atoms with Crippen molar-refractivity contribution in [2.45, 2.75) is 25.8 Å². The lowest BCUT2D eigenvalue weighted by Crippen LogP contribution is -2.34. The predicted octanol–water partition coefficient (Wildman–Crippen LogP) is 1.60. The maximum Gasteiger partial charge on any atom is 0.229 e. The lowest BCUT2D eigenvalue weighted by Gasteiger charge is -2.13. The van der Waals surface area contributed by atoms with Crippen molar-refractivity contribution in [1.29, 1.82) is 0 Å². The van der Waals surface area contributed by atoms with E-state index in [1.165, 1.54) is 4.90 Å². The molecule has 1 aromatic rings. The van der Waals surface area contributed by atoms with E-state index in [0.29, 0.717) is 6.54 Å². The third-order valence-corrected chi connectivity index (χ3v) is 3.59. The fraction of sp³-hybridized carbons (Fsp3) is 0.357. The van der Waals surface area contributed by atoms with Crippen molar-refractivity contribution in [1.82, 2.24) is 10.2 Å². The van der Waals surface area contributed by atoms with Gasteiger partial charge in [-0.2, -0.15) is 0 Å². The van der Waals surface area contributed by atoms with Crippen molar-refractivity contribution in [3.63, 3.8) is 0 Å². The first-order valence-corrected chi connectivity index (χ1v) is 7.20. The standard InChI is InChI=1S/C14H15BrN2O3/c15-11-3-1-2-10(8-11)9-16-12(18)6-7-17-13(19)4-5-14(17)20/h1-3,8H,4-7,9H2,(H,16,18). The fourth-order valence-corrected chi connectivity index (χ4v) is 2.47.